The molecule has 0 aliphatic heterocycles. The average molecular weight is 427 g/mol. The first kappa shape index (κ1) is 23.6. The molecule has 1 unspecified atom stereocenters. The molecule has 0 spiro atoms. The van der Waals surface area contributed by atoms with Crippen molar-refractivity contribution in [3.63, 3.8) is 0 Å². The van der Waals surface area contributed by atoms with E-state index in [1.54, 1.807) is 0 Å². The van der Waals surface area contributed by atoms with Gasteiger partial charge in [0.25, 0.3) is 0 Å². The molecule has 4 aliphatic rings. The number of rotatable bonds is 6. The number of aliphatic hydroxyl groups excluding tert-OH is 1. The topological polar surface area (TPSA) is 20.2 Å². The number of aliphatic hydroxyl groups is 1. The van der Waals surface area contributed by atoms with Gasteiger partial charge in [-0.3, -0.25) is 0 Å². The molecule has 0 bridgehead atoms. The second-order valence-electron chi connectivity index (χ2n) is 13.1. The van der Waals surface area contributed by atoms with Gasteiger partial charge in [-0.25, -0.2) is 0 Å². The third-order valence-corrected chi connectivity index (χ3v) is 11.4. The van der Waals surface area contributed by atoms with Crippen molar-refractivity contribution >= 4 is 0 Å². The van der Waals surface area contributed by atoms with Crippen molar-refractivity contribution < 1.29 is 5.11 Å². The third-order valence-electron chi connectivity index (χ3n) is 11.4. The molecule has 4 rings (SSSR count). The molecule has 0 heterocycles. The number of hydrogen-bond donors (Lipinski definition) is 1. The Balaban J connectivity index is 1.46. The highest BCUT2D eigenvalue weighted by Crippen LogP contribution is 2.67. The normalized spacial score (nSPS) is 44.1. The SMILES string of the molecule is C=C(CC[C@@H](C)[C@H]1CC[C@H]2C3=CC[C@H]4C[C@@H](O)CC[C@]4(C)[C@H]3CC[C@]12C)C(C)C(C)C. The molecule has 9 atom stereocenters. The summed E-state index contributed by atoms with van der Waals surface area (Å²) >= 11 is 0. The summed E-state index contributed by atoms with van der Waals surface area (Å²) in [5, 5.41) is 10.3. The van der Waals surface area contributed by atoms with E-state index in [1.807, 2.05) is 5.57 Å². The van der Waals surface area contributed by atoms with Crippen LogP contribution >= 0.6 is 0 Å². The van der Waals surface area contributed by atoms with Crippen molar-refractivity contribution in [2.24, 2.45) is 52.3 Å². The molecule has 0 saturated heterocycles. The van der Waals surface area contributed by atoms with Crippen molar-refractivity contribution in [3.05, 3.63) is 23.8 Å². The van der Waals surface area contributed by atoms with Crippen LogP contribution in [0.4, 0.5) is 0 Å². The third kappa shape index (κ3) is 4.00. The molecule has 0 radical (unpaired) electrons. The molecule has 3 saturated carbocycles. The lowest BCUT2D eigenvalue weighted by atomic mass is 9.47. The highest BCUT2D eigenvalue weighted by Gasteiger charge is 2.58. The van der Waals surface area contributed by atoms with Gasteiger partial charge in [-0.15, -0.1) is 0 Å². The van der Waals surface area contributed by atoms with Crippen LogP contribution in [0.25, 0.3) is 0 Å². The van der Waals surface area contributed by atoms with Gasteiger partial charge in [0, 0.05) is 0 Å². The van der Waals surface area contributed by atoms with Crippen LogP contribution in [0.5, 0.6) is 0 Å². The van der Waals surface area contributed by atoms with Crippen LogP contribution in [0.15, 0.2) is 23.8 Å². The highest BCUT2D eigenvalue weighted by molar-refractivity contribution is 5.27. The molecular weight excluding hydrogens is 376 g/mol. The quantitative estimate of drug-likeness (QED) is 0.424. The molecule has 0 amide bonds. The molecule has 31 heavy (non-hydrogen) atoms. The first-order valence-electron chi connectivity index (χ1n) is 13.6. The van der Waals surface area contributed by atoms with E-state index in [0.29, 0.717) is 28.6 Å². The highest BCUT2D eigenvalue weighted by atomic mass is 16.3. The van der Waals surface area contributed by atoms with Gasteiger partial charge in [-0.1, -0.05) is 65.3 Å². The van der Waals surface area contributed by atoms with E-state index in [9.17, 15) is 5.11 Å². The monoisotopic (exact) mass is 426 g/mol. The minimum atomic E-state index is -0.0493. The fourth-order valence-electron chi connectivity index (χ4n) is 8.78. The molecule has 1 N–H and O–H groups in total. The minimum Gasteiger partial charge on any atom is -0.393 e. The van der Waals surface area contributed by atoms with Crippen LogP contribution < -0.4 is 0 Å². The molecule has 0 aromatic rings. The van der Waals surface area contributed by atoms with Crippen molar-refractivity contribution in [2.75, 3.05) is 0 Å². The Morgan fingerprint density at radius 3 is 2.42 bits per heavy atom. The van der Waals surface area contributed by atoms with Crippen LogP contribution in [0, 0.1) is 52.3 Å². The molecule has 1 nitrogen and oxygen atoms in total. The lowest BCUT2D eigenvalue weighted by Crippen LogP contribution is -2.49. The van der Waals surface area contributed by atoms with Crippen LogP contribution in [0.2, 0.25) is 0 Å². The summed E-state index contributed by atoms with van der Waals surface area (Å²) < 4.78 is 0. The molecule has 3 fully saturated rings. The van der Waals surface area contributed by atoms with Crippen LogP contribution in [-0.2, 0) is 0 Å². The Morgan fingerprint density at radius 1 is 1.03 bits per heavy atom. The first-order valence-corrected chi connectivity index (χ1v) is 13.6. The largest absolute Gasteiger partial charge is 0.393 e. The Labute approximate surface area is 193 Å². The zero-order chi connectivity index (χ0) is 22.6. The van der Waals surface area contributed by atoms with Gasteiger partial charge in [-0.2, -0.15) is 0 Å². The Kier molecular flexibility index (Phi) is 6.59. The van der Waals surface area contributed by atoms with Gasteiger partial charge >= 0.3 is 0 Å². The maximum atomic E-state index is 10.3. The summed E-state index contributed by atoms with van der Waals surface area (Å²) in [6.45, 7) is 19.3. The maximum Gasteiger partial charge on any atom is 0.0543 e. The molecule has 176 valence electrons. The van der Waals surface area contributed by atoms with Gasteiger partial charge in [0.2, 0.25) is 0 Å². The number of allylic oxidation sites excluding steroid dienone is 3. The van der Waals surface area contributed by atoms with Gasteiger partial charge < -0.3 is 5.11 Å². The summed E-state index contributed by atoms with van der Waals surface area (Å²) in [7, 11) is 0. The average Bonchev–Trinajstić information content (AvgIpc) is 3.09. The molecule has 4 aliphatic carbocycles. The van der Waals surface area contributed by atoms with Gasteiger partial charge in [0.15, 0.2) is 0 Å². The standard InChI is InChI=1S/C30H50O/c1-19(2)22(5)20(3)8-9-21(4)26-12-13-27-25-11-10-23-18-24(31)14-16-29(23,6)28(25)15-17-30(26,27)7/h11,19,21-24,26-28,31H,3,8-10,12-18H2,1-2,4-7H3/t21-,22?,23+,24+,26-,27+,28+,29+,30-/m1/s1. The zero-order valence-corrected chi connectivity index (χ0v) is 21.4. The Bertz CT molecular complexity index is 703. The summed E-state index contributed by atoms with van der Waals surface area (Å²) in [4.78, 5) is 0. The van der Waals surface area contributed by atoms with E-state index in [4.69, 9.17) is 0 Å². The van der Waals surface area contributed by atoms with Crippen molar-refractivity contribution in [1.82, 2.24) is 0 Å². The van der Waals surface area contributed by atoms with E-state index in [1.165, 1.54) is 56.9 Å². The number of hydrogen-bond acceptors (Lipinski definition) is 1. The first-order chi connectivity index (χ1) is 14.6. The Hall–Kier alpha value is -0.560. The number of fused-ring (bicyclic) bond motifs is 5. The summed E-state index contributed by atoms with van der Waals surface area (Å²) in [5.41, 5.74) is 4.28. The van der Waals surface area contributed by atoms with Gasteiger partial charge in [0.05, 0.1) is 6.10 Å². The lowest BCUT2D eigenvalue weighted by molar-refractivity contribution is -0.0427. The van der Waals surface area contributed by atoms with E-state index < -0.39 is 0 Å². The predicted molar refractivity (Wildman–Crippen MR) is 133 cm³/mol. The summed E-state index contributed by atoms with van der Waals surface area (Å²) in [5.74, 6) is 5.35. The van der Waals surface area contributed by atoms with E-state index >= 15 is 0 Å². The fraction of sp³-hybridized carbons (Fsp3) is 0.867. The molecular formula is C30H50O. The van der Waals surface area contributed by atoms with Gasteiger partial charge in [0.1, 0.15) is 0 Å². The van der Waals surface area contributed by atoms with Crippen molar-refractivity contribution in [3.8, 4) is 0 Å². The molecule has 1 heteroatoms. The van der Waals surface area contributed by atoms with Crippen LogP contribution in [0.3, 0.4) is 0 Å². The maximum absolute atomic E-state index is 10.3. The second kappa shape index (κ2) is 8.66. The fourth-order valence-corrected chi connectivity index (χ4v) is 8.78. The predicted octanol–water partition coefficient (Wildman–Crippen LogP) is 8.19. The minimum absolute atomic E-state index is 0.0493. The van der Waals surface area contributed by atoms with Crippen molar-refractivity contribution in [2.45, 2.75) is 112 Å². The van der Waals surface area contributed by atoms with Gasteiger partial charge in [-0.05, 0) is 116 Å². The smallest absolute Gasteiger partial charge is 0.0543 e. The van der Waals surface area contributed by atoms with E-state index in [2.05, 4.69) is 54.2 Å². The summed E-state index contributed by atoms with van der Waals surface area (Å²) in [6.07, 6.45) is 15.3. The molecule has 0 aromatic carbocycles. The van der Waals surface area contributed by atoms with Crippen molar-refractivity contribution in [1.29, 1.82) is 0 Å². The summed E-state index contributed by atoms with van der Waals surface area (Å²) in [6, 6.07) is 0. The van der Waals surface area contributed by atoms with Crippen LogP contribution in [-0.4, -0.2) is 11.2 Å². The van der Waals surface area contributed by atoms with E-state index in [0.717, 1.165) is 36.5 Å². The van der Waals surface area contributed by atoms with Crippen LogP contribution in [0.1, 0.15) is 106 Å². The second-order valence-corrected chi connectivity index (χ2v) is 13.1. The molecule has 0 aromatic heterocycles. The zero-order valence-electron chi connectivity index (χ0n) is 21.4. The lowest BCUT2D eigenvalue weighted by Gasteiger charge is -2.57. The Morgan fingerprint density at radius 2 is 1.71 bits per heavy atom. The van der Waals surface area contributed by atoms with E-state index in [-0.39, 0.29) is 6.10 Å².